The Labute approximate surface area is 183 Å². The molecule has 0 saturated heterocycles. The van der Waals surface area contributed by atoms with Gasteiger partial charge in [0.05, 0.1) is 13.1 Å². The van der Waals surface area contributed by atoms with Gasteiger partial charge in [0.25, 0.3) is 0 Å². The molecule has 3 aromatic rings. The molecule has 0 aliphatic carbocycles. The first-order valence-electron chi connectivity index (χ1n) is 10.0. The Morgan fingerprint density at radius 2 is 1.31 bits per heavy atom. The number of aliphatic hydroxyl groups is 2. The summed E-state index contributed by atoms with van der Waals surface area (Å²) in [5.41, 5.74) is -0.361. The van der Waals surface area contributed by atoms with Gasteiger partial charge in [-0.1, -0.05) is 30.3 Å². The van der Waals surface area contributed by atoms with Crippen molar-refractivity contribution >= 4 is 0 Å². The molecule has 0 bridgehead atoms. The van der Waals surface area contributed by atoms with Crippen molar-refractivity contribution in [1.82, 2.24) is 4.90 Å². The summed E-state index contributed by atoms with van der Waals surface area (Å²) in [5.74, 6) is -1.32. The molecule has 0 fully saturated rings. The molecule has 2 heterocycles. The van der Waals surface area contributed by atoms with Crippen LogP contribution in [0.4, 0.5) is 0 Å². The van der Waals surface area contributed by atoms with E-state index in [1.165, 1.54) is 0 Å². The summed E-state index contributed by atoms with van der Waals surface area (Å²) in [6.45, 7) is 0.709. The molecule has 0 spiro atoms. The molecule has 4 N–H and O–H groups in total. The molecule has 9 nitrogen and oxygen atoms in total. The minimum absolute atomic E-state index is 0.00452. The summed E-state index contributed by atoms with van der Waals surface area (Å²) in [5, 5.41) is 39.1. The van der Waals surface area contributed by atoms with E-state index in [0.717, 1.165) is 17.7 Å². The fourth-order valence-corrected chi connectivity index (χ4v) is 3.37. The minimum atomic E-state index is -0.692. The normalized spacial score (nSPS) is 12.2. The maximum atomic E-state index is 12.0. The molecule has 0 aliphatic heterocycles. The molecule has 1 unspecified atom stereocenters. The largest absolute Gasteiger partial charge is 0.502 e. The number of aliphatic hydroxyl groups excluding tert-OH is 2. The lowest BCUT2D eigenvalue weighted by atomic mass is 10.1. The zero-order chi connectivity index (χ0) is 23.3. The van der Waals surface area contributed by atoms with Gasteiger partial charge in [0, 0.05) is 18.2 Å². The average Bonchev–Trinajstić information content (AvgIpc) is 2.79. The Bertz CT molecular complexity index is 1100. The summed E-state index contributed by atoms with van der Waals surface area (Å²) >= 11 is 0. The van der Waals surface area contributed by atoms with E-state index in [1.54, 1.807) is 4.90 Å². The van der Waals surface area contributed by atoms with Gasteiger partial charge >= 0.3 is 0 Å². The molecule has 170 valence electrons. The van der Waals surface area contributed by atoms with Crippen LogP contribution < -0.4 is 10.9 Å². The van der Waals surface area contributed by atoms with E-state index in [0.29, 0.717) is 6.42 Å². The first-order valence-corrected chi connectivity index (χ1v) is 10.0. The Hall–Kier alpha value is -3.40. The molecule has 1 aromatic carbocycles. The standard InChI is InChI=1S/C23H25NO8/c1-14(7-15-5-3-2-4-6-15)24(10-20-22(29)18(27)8-16(12-25)31-20)11-21-23(30)19(28)9-17(13-26)32-21/h2-6,8-9,14,25-26,29-30H,7,10-13H2,1H3. The van der Waals surface area contributed by atoms with Crippen LogP contribution in [0.25, 0.3) is 0 Å². The summed E-state index contributed by atoms with van der Waals surface area (Å²) < 4.78 is 10.9. The van der Waals surface area contributed by atoms with Gasteiger partial charge in [-0.25, -0.2) is 0 Å². The molecular weight excluding hydrogens is 418 g/mol. The number of hydrogen-bond donors (Lipinski definition) is 4. The molecule has 0 radical (unpaired) electrons. The van der Waals surface area contributed by atoms with Crippen LogP contribution in [-0.4, -0.2) is 31.4 Å². The average molecular weight is 443 g/mol. The van der Waals surface area contributed by atoms with Crippen molar-refractivity contribution in [2.75, 3.05) is 0 Å². The fraction of sp³-hybridized carbons (Fsp3) is 0.304. The van der Waals surface area contributed by atoms with E-state index in [4.69, 9.17) is 8.83 Å². The van der Waals surface area contributed by atoms with Crippen LogP contribution in [0.1, 0.15) is 35.5 Å². The Morgan fingerprint density at radius 1 is 0.844 bits per heavy atom. The first-order chi connectivity index (χ1) is 15.3. The highest BCUT2D eigenvalue weighted by Crippen LogP contribution is 2.24. The minimum Gasteiger partial charge on any atom is -0.502 e. The van der Waals surface area contributed by atoms with Gasteiger partial charge < -0.3 is 29.3 Å². The van der Waals surface area contributed by atoms with Crippen molar-refractivity contribution in [2.24, 2.45) is 0 Å². The number of hydrogen-bond acceptors (Lipinski definition) is 9. The SMILES string of the molecule is CC(Cc1ccccc1)N(Cc1oc(CO)cc(=O)c1O)Cc1oc(CO)cc(=O)c1O. The lowest BCUT2D eigenvalue weighted by molar-refractivity contribution is 0.142. The van der Waals surface area contributed by atoms with Crippen LogP contribution in [0.5, 0.6) is 11.5 Å². The highest BCUT2D eigenvalue weighted by atomic mass is 16.4. The smallest absolute Gasteiger partial charge is 0.227 e. The Balaban J connectivity index is 1.98. The Morgan fingerprint density at radius 3 is 1.75 bits per heavy atom. The highest BCUT2D eigenvalue weighted by Gasteiger charge is 2.23. The van der Waals surface area contributed by atoms with Crippen molar-refractivity contribution in [2.45, 2.75) is 45.7 Å². The highest BCUT2D eigenvalue weighted by molar-refractivity contribution is 5.27. The van der Waals surface area contributed by atoms with Gasteiger partial charge in [-0.2, -0.15) is 0 Å². The van der Waals surface area contributed by atoms with Gasteiger partial charge in [0.2, 0.25) is 22.4 Å². The Kier molecular flexibility index (Phi) is 7.47. The zero-order valence-electron chi connectivity index (χ0n) is 17.5. The van der Waals surface area contributed by atoms with Crippen molar-refractivity contribution in [3.8, 4) is 11.5 Å². The molecule has 2 aromatic heterocycles. The molecule has 1 atom stereocenters. The van der Waals surface area contributed by atoms with Crippen LogP contribution in [0.15, 0.2) is 60.9 Å². The van der Waals surface area contributed by atoms with Gasteiger partial charge in [0.1, 0.15) is 24.7 Å². The lowest BCUT2D eigenvalue weighted by Crippen LogP contribution is -2.34. The summed E-state index contributed by atoms with van der Waals surface area (Å²) in [6.07, 6.45) is 0.566. The van der Waals surface area contributed by atoms with Gasteiger partial charge in [-0.05, 0) is 18.9 Å². The molecule has 3 rings (SSSR count). The number of benzene rings is 1. The predicted octanol–water partition coefficient (Wildman–Crippen LogP) is 1.62. The van der Waals surface area contributed by atoms with E-state index >= 15 is 0 Å². The number of aromatic hydroxyl groups is 2. The van der Waals surface area contributed by atoms with Crippen LogP contribution in [0, 0.1) is 0 Å². The third-order valence-electron chi connectivity index (χ3n) is 5.09. The van der Waals surface area contributed by atoms with Crippen LogP contribution in [0.2, 0.25) is 0 Å². The van der Waals surface area contributed by atoms with Crippen molar-refractivity contribution in [3.63, 3.8) is 0 Å². The third kappa shape index (κ3) is 5.44. The molecule has 9 heteroatoms. The monoisotopic (exact) mass is 443 g/mol. The quantitative estimate of drug-likeness (QED) is 0.388. The fourth-order valence-electron chi connectivity index (χ4n) is 3.37. The van der Waals surface area contributed by atoms with E-state index in [-0.39, 0.29) is 42.2 Å². The second-order valence-electron chi connectivity index (χ2n) is 7.46. The molecule has 0 amide bonds. The van der Waals surface area contributed by atoms with Gasteiger partial charge in [-0.15, -0.1) is 0 Å². The van der Waals surface area contributed by atoms with Crippen molar-refractivity contribution < 1.29 is 29.3 Å². The number of rotatable bonds is 9. The van der Waals surface area contributed by atoms with Crippen molar-refractivity contribution in [3.05, 3.63) is 91.5 Å². The molecule has 0 saturated carbocycles. The maximum absolute atomic E-state index is 12.0. The summed E-state index contributed by atoms with van der Waals surface area (Å²) in [7, 11) is 0. The molecular formula is C23H25NO8. The summed E-state index contributed by atoms with van der Waals surface area (Å²) in [4.78, 5) is 25.8. The van der Waals surface area contributed by atoms with E-state index in [2.05, 4.69) is 0 Å². The summed E-state index contributed by atoms with van der Waals surface area (Å²) in [6, 6.07) is 11.4. The van der Waals surface area contributed by atoms with Gasteiger partial charge in [-0.3, -0.25) is 14.5 Å². The predicted molar refractivity (Wildman–Crippen MR) is 114 cm³/mol. The van der Waals surface area contributed by atoms with E-state index in [1.807, 2.05) is 37.3 Å². The topological polar surface area (TPSA) is 145 Å². The molecule has 0 aliphatic rings. The van der Waals surface area contributed by atoms with Crippen LogP contribution in [-0.2, 0) is 32.7 Å². The third-order valence-corrected chi connectivity index (χ3v) is 5.09. The van der Waals surface area contributed by atoms with E-state index < -0.39 is 35.6 Å². The zero-order valence-corrected chi connectivity index (χ0v) is 17.5. The second kappa shape index (κ2) is 10.3. The van der Waals surface area contributed by atoms with E-state index in [9.17, 15) is 30.0 Å². The molecule has 32 heavy (non-hydrogen) atoms. The van der Waals surface area contributed by atoms with Gasteiger partial charge in [0.15, 0.2) is 11.5 Å². The first kappa shape index (κ1) is 23.3. The van der Waals surface area contributed by atoms with Crippen LogP contribution >= 0.6 is 0 Å². The maximum Gasteiger partial charge on any atom is 0.227 e. The lowest BCUT2D eigenvalue weighted by Gasteiger charge is -2.28. The van der Waals surface area contributed by atoms with Crippen molar-refractivity contribution in [1.29, 1.82) is 0 Å². The van der Waals surface area contributed by atoms with Crippen LogP contribution in [0.3, 0.4) is 0 Å². The number of nitrogens with zero attached hydrogens (tertiary/aromatic N) is 1. The second-order valence-corrected chi connectivity index (χ2v) is 7.46.